The van der Waals surface area contributed by atoms with Gasteiger partial charge in [-0.25, -0.2) is 4.98 Å². The van der Waals surface area contributed by atoms with Crippen LogP contribution in [0.3, 0.4) is 0 Å². The van der Waals surface area contributed by atoms with Crippen molar-refractivity contribution in [1.82, 2.24) is 4.98 Å². The number of rotatable bonds is 6. The van der Waals surface area contributed by atoms with Crippen LogP contribution in [0, 0.1) is 0 Å². The number of nitrogens with one attached hydrogen (secondary N) is 3. The molecule has 2 heterocycles. The third-order valence-electron chi connectivity index (χ3n) is 5.67. The van der Waals surface area contributed by atoms with Gasteiger partial charge >= 0.3 is 0 Å². The number of amides is 3. The van der Waals surface area contributed by atoms with Crippen LogP contribution >= 0.6 is 11.3 Å². The number of ether oxygens (including phenoxy) is 3. The molecule has 1 aliphatic heterocycles. The van der Waals surface area contributed by atoms with E-state index in [-0.39, 0.29) is 24.5 Å². The second-order valence-electron chi connectivity index (χ2n) is 8.03. The van der Waals surface area contributed by atoms with Crippen LogP contribution < -0.4 is 30.2 Å². The molecule has 10 nitrogen and oxygen atoms in total. The van der Waals surface area contributed by atoms with E-state index in [2.05, 4.69) is 20.9 Å². The number of thiazole rings is 1. The summed E-state index contributed by atoms with van der Waals surface area (Å²) in [5.74, 6) is 0.354. The molecule has 3 amide bonds. The van der Waals surface area contributed by atoms with E-state index in [1.165, 1.54) is 25.4 Å². The Labute approximate surface area is 204 Å². The predicted molar refractivity (Wildman–Crippen MR) is 130 cm³/mol. The maximum absolute atomic E-state index is 13.1. The molecule has 1 atom stereocenters. The van der Waals surface area contributed by atoms with Crippen molar-refractivity contribution in [2.45, 2.75) is 25.7 Å². The summed E-state index contributed by atoms with van der Waals surface area (Å²) in [6.07, 6.45) is 1.30. The maximum atomic E-state index is 13.1. The summed E-state index contributed by atoms with van der Waals surface area (Å²) in [5.41, 5.74) is 2.07. The monoisotopic (exact) mass is 494 g/mol. The van der Waals surface area contributed by atoms with Gasteiger partial charge in [-0.2, -0.15) is 0 Å². The molecule has 5 rings (SSSR count). The highest BCUT2D eigenvalue weighted by Gasteiger charge is 2.33. The third kappa shape index (κ3) is 4.62. The Balaban J connectivity index is 1.30. The smallest absolute Gasteiger partial charge is 0.257 e. The first-order valence-corrected chi connectivity index (χ1v) is 11.7. The summed E-state index contributed by atoms with van der Waals surface area (Å²) in [6.45, 7) is 1.54. The SMILES string of the molecule is COc1ccc(NC(C)=O)cc1NC(=O)C1CCc2sc(NC(=O)c3ccc4c(c3)OCO4)nc21. The number of carbonyl (C=O) groups excluding carboxylic acids is 3. The highest BCUT2D eigenvalue weighted by atomic mass is 32.1. The molecule has 180 valence electrons. The molecule has 0 saturated heterocycles. The molecule has 2 aromatic carbocycles. The number of hydrogen-bond donors (Lipinski definition) is 3. The maximum Gasteiger partial charge on any atom is 0.257 e. The zero-order chi connectivity index (χ0) is 24.5. The summed E-state index contributed by atoms with van der Waals surface area (Å²) >= 11 is 1.36. The van der Waals surface area contributed by atoms with Crippen LogP contribution in [-0.4, -0.2) is 36.6 Å². The zero-order valence-electron chi connectivity index (χ0n) is 19.0. The average Bonchev–Trinajstić information content (AvgIpc) is 3.54. The quantitative estimate of drug-likeness (QED) is 0.476. The van der Waals surface area contributed by atoms with Crippen LogP contribution in [0.2, 0.25) is 0 Å². The number of anilines is 3. The topological polar surface area (TPSA) is 128 Å². The van der Waals surface area contributed by atoms with Crippen LogP contribution in [-0.2, 0) is 16.0 Å². The van der Waals surface area contributed by atoms with Gasteiger partial charge in [0.05, 0.1) is 24.4 Å². The first kappa shape index (κ1) is 22.7. The lowest BCUT2D eigenvalue weighted by Crippen LogP contribution is -2.20. The molecule has 1 aromatic heterocycles. The minimum Gasteiger partial charge on any atom is -0.495 e. The lowest BCUT2D eigenvalue weighted by atomic mass is 10.1. The average molecular weight is 495 g/mol. The summed E-state index contributed by atoms with van der Waals surface area (Å²) in [5, 5.41) is 8.83. The van der Waals surface area contributed by atoms with Gasteiger partial charge in [-0.3, -0.25) is 19.7 Å². The van der Waals surface area contributed by atoms with Crippen LogP contribution in [0.25, 0.3) is 0 Å². The Kier molecular flexibility index (Phi) is 6.00. The van der Waals surface area contributed by atoms with Crippen molar-refractivity contribution in [2.75, 3.05) is 29.9 Å². The van der Waals surface area contributed by atoms with Crippen molar-refractivity contribution in [3.8, 4) is 17.2 Å². The lowest BCUT2D eigenvalue weighted by molar-refractivity contribution is -0.117. The van der Waals surface area contributed by atoms with Crippen LogP contribution in [0.4, 0.5) is 16.5 Å². The fraction of sp³-hybridized carbons (Fsp3) is 0.250. The number of benzene rings is 2. The standard InChI is InChI=1S/C24H22N4O6S/c1-12(29)25-14-4-7-17(32-2)16(10-14)26-23(31)15-5-8-20-21(15)27-24(35-20)28-22(30)13-3-6-18-19(9-13)34-11-33-18/h3-4,6-7,9-10,15H,5,8,11H2,1-2H3,(H,25,29)(H,26,31)(H,27,28,30). The first-order chi connectivity index (χ1) is 16.9. The number of aromatic nitrogens is 1. The van der Waals surface area contributed by atoms with Gasteiger partial charge in [0.1, 0.15) is 5.75 Å². The van der Waals surface area contributed by atoms with Gasteiger partial charge in [0, 0.05) is 23.1 Å². The fourth-order valence-corrected chi connectivity index (χ4v) is 5.08. The molecule has 0 bridgehead atoms. The van der Waals surface area contributed by atoms with Gasteiger partial charge in [0.2, 0.25) is 18.6 Å². The van der Waals surface area contributed by atoms with E-state index in [4.69, 9.17) is 14.2 Å². The number of nitrogens with zero attached hydrogens (tertiary/aromatic N) is 1. The molecule has 0 saturated carbocycles. The Morgan fingerprint density at radius 2 is 1.89 bits per heavy atom. The molecular formula is C24H22N4O6S. The zero-order valence-corrected chi connectivity index (χ0v) is 19.8. The van der Waals surface area contributed by atoms with Crippen molar-refractivity contribution in [2.24, 2.45) is 0 Å². The molecule has 1 aliphatic carbocycles. The fourth-order valence-electron chi connectivity index (χ4n) is 4.05. The van der Waals surface area contributed by atoms with E-state index >= 15 is 0 Å². The molecule has 0 spiro atoms. The normalized spacial score (nSPS) is 15.3. The van der Waals surface area contributed by atoms with E-state index in [0.29, 0.717) is 57.9 Å². The molecule has 35 heavy (non-hydrogen) atoms. The second kappa shape index (κ2) is 9.26. The van der Waals surface area contributed by atoms with Crippen molar-refractivity contribution >= 4 is 45.6 Å². The van der Waals surface area contributed by atoms with Gasteiger partial charge in [-0.15, -0.1) is 11.3 Å². The van der Waals surface area contributed by atoms with Crippen LogP contribution in [0.1, 0.15) is 40.2 Å². The van der Waals surface area contributed by atoms with Crippen LogP contribution in [0.5, 0.6) is 17.2 Å². The first-order valence-electron chi connectivity index (χ1n) is 10.9. The largest absolute Gasteiger partial charge is 0.495 e. The molecule has 1 unspecified atom stereocenters. The highest BCUT2D eigenvalue weighted by molar-refractivity contribution is 7.16. The molecule has 0 fully saturated rings. The van der Waals surface area contributed by atoms with E-state index in [0.717, 1.165) is 4.88 Å². The predicted octanol–water partition coefficient (Wildman–Crippen LogP) is 3.76. The van der Waals surface area contributed by atoms with Gasteiger partial charge < -0.3 is 24.8 Å². The molecule has 11 heteroatoms. The molecule has 3 N–H and O–H groups in total. The lowest BCUT2D eigenvalue weighted by Gasteiger charge is -2.15. The van der Waals surface area contributed by atoms with Gasteiger partial charge in [-0.1, -0.05) is 0 Å². The van der Waals surface area contributed by atoms with Gasteiger partial charge in [-0.05, 0) is 49.2 Å². The van der Waals surface area contributed by atoms with E-state index in [9.17, 15) is 14.4 Å². The molecule has 3 aromatic rings. The summed E-state index contributed by atoms with van der Waals surface area (Å²) in [4.78, 5) is 42.8. The van der Waals surface area contributed by atoms with Crippen molar-refractivity contribution in [3.05, 3.63) is 52.5 Å². The van der Waals surface area contributed by atoms with E-state index < -0.39 is 5.92 Å². The molecule has 0 radical (unpaired) electrons. The van der Waals surface area contributed by atoms with E-state index in [1.807, 2.05) is 0 Å². The number of carbonyl (C=O) groups is 3. The second-order valence-corrected chi connectivity index (χ2v) is 9.11. The number of methoxy groups -OCH3 is 1. The Hall–Kier alpha value is -4.12. The van der Waals surface area contributed by atoms with E-state index in [1.54, 1.807) is 36.4 Å². The van der Waals surface area contributed by atoms with Crippen molar-refractivity contribution in [1.29, 1.82) is 0 Å². The van der Waals surface area contributed by atoms with Crippen LogP contribution in [0.15, 0.2) is 36.4 Å². The Morgan fingerprint density at radius 1 is 1.06 bits per heavy atom. The number of fused-ring (bicyclic) bond motifs is 2. The number of aryl methyl sites for hydroxylation is 1. The molecular weight excluding hydrogens is 472 g/mol. The third-order valence-corrected chi connectivity index (χ3v) is 6.71. The van der Waals surface area contributed by atoms with Gasteiger partial charge in [0.15, 0.2) is 16.6 Å². The Bertz CT molecular complexity index is 1340. The van der Waals surface area contributed by atoms with Crippen molar-refractivity contribution < 1.29 is 28.6 Å². The Morgan fingerprint density at radius 3 is 2.69 bits per heavy atom. The van der Waals surface area contributed by atoms with Gasteiger partial charge in [0.25, 0.3) is 5.91 Å². The summed E-state index contributed by atoms with van der Waals surface area (Å²) in [6, 6.07) is 9.98. The highest BCUT2D eigenvalue weighted by Crippen LogP contribution is 2.40. The molecule has 2 aliphatic rings. The summed E-state index contributed by atoms with van der Waals surface area (Å²) < 4.78 is 16.0. The van der Waals surface area contributed by atoms with Crippen molar-refractivity contribution in [3.63, 3.8) is 0 Å². The summed E-state index contributed by atoms with van der Waals surface area (Å²) in [7, 11) is 1.51. The minimum absolute atomic E-state index is 0.131. The minimum atomic E-state index is -0.466. The number of hydrogen-bond acceptors (Lipinski definition) is 8.